The topological polar surface area (TPSA) is 120 Å². The molecular weight excluding hydrogens is 451 g/mol. The number of hydrogen-bond donors (Lipinski definition) is 2. The van der Waals surface area contributed by atoms with Crippen molar-refractivity contribution in [2.45, 2.75) is 31.3 Å². The lowest BCUT2D eigenvalue weighted by atomic mass is 10.0. The molecule has 170 valence electrons. The van der Waals surface area contributed by atoms with Gasteiger partial charge >= 0.3 is 0 Å². The Morgan fingerprint density at radius 1 is 1.32 bits per heavy atom. The molecule has 13 heteroatoms. The van der Waals surface area contributed by atoms with Crippen molar-refractivity contribution >= 4 is 38.9 Å². The molecule has 2 aliphatic rings. The summed E-state index contributed by atoms with van der Waals surface area (Å²) in [7, 11) is -1.73. The quantitative estimate of drug-likeness (QED) is 0.587. The van der Waals surface area contributed by atoms with Gasteiger partial charge in [0, 0.05) is 19.2 Å². The Kier molecular flexibility index (Phi) is 6.33. The number of nitrogens with one attached hydrogen (secondary N) is 2. The van der Waals surface area contributed by atoms with Gasteiger partial charge in [0.15, 0.2) is 15.7 Å². The van der Waals surface area contributed by atoms with E-state index in [9.17, 15) is 12.8 Å². The second-order valence-electron chi connectivity index (χ2n) is 7.88. The van der Waals surface area contributed by atoms with E-state index in [1.807, 2.05) is 0 Å². The van der Waals surface area contributed by atoms with Crippen LogP contribution in [0.3, 0.4) is 0 Å². The van der Waals surface area contributed by atoms with Crippen LogP contribution < -0.4 is 10.6 Å². The van der Waals surface area contributed by atoms with E-state index in [-0.39, 0.29) is 30.4 Å². The molecule has 2 aromatic rings. The first-order valence-corrected chi connectivity index (χ1v) is 12.0. The molecule has 0 aliphatic carbocycles. The van der Waals surface area contributed by atoms with Crippen molar-refractivity contribution in [2.24, 2.45) is 13.0 Å². The number of ether oxygens (including phenoxy) is 2. The van der Waals surface area contributed by atoms with Gasteiger partial charge in [-0.1, -0.05) is 11.6 Å². The van der Waals surface area contributed by atoms with Gasteiger partial charge in [-0.15, -0.1) is 0 Å². The van der Waals surface area contributed by atoms with Crippen molar-refractivity contribution in [1.82, 2.24) is 19.7 Å². The monoisotopic (exact) mass is 474 g/mol. The van der Waals surface area contributed by atoms with E-state index >= 15 is 0 Å². The minimum Gasteiger partial charge on any atom is -0.373 e. The molecule has 5 atom stereocenters. The highest BCUT2D eigenvalue weighted by Crippen LogP contribution is 2.34. The minimum absolute atomic E-state index is 0.164. The van der Waals surface area contributed by atoms with E-state index < -0.39 is 27.9 Å². The number of alkyl halides is 1. The van der Waals surface area contributed by atoms with Gasteiger partial charge in [-0.2, -0.15) is 10.1 Å². The molecule has 0 saturated carbocycles. The molecular formula is C18H24ClFN6O4S. The molecule has 2 saturated heterocycles. The number of sulfone groups is 1. The molecule has 2 fully saturated rings. The molecule has 5 unspecified atom stereocenters. The zero-order valence-corrected chi connectivity index (χ0v) is 18.6. The Bertz CT molecular complexity index is 1040. The van der Waals surface area contributed by atoms with Crippen LogP contribution >= 0.6 is 11.6 Å². The fourth-order valence-corrected chi connectivity index (χ4v) is 5.83. The van der Waals surface area contributed by atoms with Crippen LogP contribution in [0.4, 0.5) is 21.8 Å². The number of anilines is 3. The summed E-state index contributed by atoms with van der Waals surface area (Å²) in [6, 6.07) is -0.267. The number of aromatic nitrogens is 4. The van der Waals surface area contributed by atoms with Gasteiger partial charge in [0.1, 0.15) is 17.3 Å². The van der Waals surface area contributed by atoms with Crippen molar-refractivity contribution in [3.63, 3.8) is 0 Å². The Labute approximate surface area is 184 Å². The smallest absolute Gasteiger partial charge is 0.229 e. The first-order chi connectivity index (χ1) is 14.7. The maximum absolute atomic E-state index is 13.2. The lowest BCUT2D eigenvalue weighted by molar-refractivity contribution is 0.0656. The lowest BCUT2D eigenvalue weighted by Crippen LogP contribution is -2.36. The van der Waals surface area contributed by atoms with Crippen LogP contribution in [-0.2, 0) is 26.4 Å². The highest BCUT2D eigenvalue weighted by atomic mass is 35.5. The Balaban J connectivity index is 1.41. The highest BCUT2D eigenvalue weighted by molar-refractivity contribution is 7.91. The van der Waals surface area contributed by atoms with E-state index in [1.165, 1.54) is 13.1 Å². The van der Waals surface area contributed by atoms with Gasteiger partial charge in [0.2, 0.25) is 5.95 Å². The maximum atomic E-state index is 13.2. The third-order valence-electron chi connectivity index (χ3n) is 5.13. The maximum Gasteiger partial charge on any atom is 0.229 e. The van der Waals surface area contributed by atoms with Crippen molar-refractivity contribution in [1.29, 1.82) is 0 Å². The normalized spacial score (nSPS) is 26.6. The predicted octanol–water partition coefficient (Wildman–Crippen LogP) is 1.57. The highest BCUT2D eigenvalue weighted by Gasteiger charge is 2.49. The number of aryl methyl sites for hydroxylation is 1. The fourth-order valence-electron chi connectivity index (χ4n) is 3.91. The number of rotatable bonds is 8. The van der Waals surface area contributed by atoms with Crippen LogP contribution in [0.25, 0.3) is 0 Å². The first kappa shape index (κ1) is 22.2. The summed E-state index contributed by atoms with van der Waals surface area (Å²) < 4.78 is 50.8. The van der Waals surface area contributed by atoms with E-state index in [4.69, 9.17) is 21.1 Å². The largest absolute Gasteiger partial charge is 0.373 e. The van der Waals surface area contributed by atoms with E-state index in [2.05, 4.69) is 25.7 Å². The third kappa shape index (κ3) is 5.25. The molecule has 2 N–H and O–H groups in total. The molecule has 0 spiro atoms. The summed E-state index contributed by atoms with van der Waals surface area (Å²) >= 11 is 6.26. The summed E-state index contributed by atoms with van der Waals surface area (Å²) in [6.45, 7) is 1.77. The SMILES string of the molecule is CC(F)CS(=O)(=O)CC1COC2C(Nc3nc(Nc4cnn(C)c4)ncc3Cl)COC12. The average molecular weight is 475 g/mol. The fraction of sp³-hybridized carbons (Fsp3) is 0.611. The standard InChI is InChI=1S/C18H24ClFN6O4S/c1-10(20)8-31(27,28)9-11-6-29-16-14(7-30-15(11)16)24-17-13(19)4-21-18(25-17)23-12-3-22-26(2)5-12/h3-5,10-11,14-16H,6-9H2,1-2H3,(H2,21,23,24,25). The van der Waals surface area contributed by atoms with Crippen LogP contribution in [0.1, 0.15) is 6.92 Å². The molecule has 2 aliphatic heterocycles. The second-order valence-corrected chi connectivity index (χ2v) is 10.4. The second kappa shape index (κ2) is 8.85. The zero-order valence-electron chi connectivity index (χ0n) is 17.0. The van der Waals surface area contributed by atoms with Gasteiger partial charge in [-0.25, -0.2) is 17.8 Å². The summed E-state index contributed by atoms with van der Waals surface area (Å²) in [5.74, 6) is -0.256. The number of hydrogen-bond acceptors (Lipinski definition) is 9. The van der Waals surface area contributed by atoms with Crippen molar-refractivity contribution < 1.29 is 22.3 Å². The van der Waals surface area contributed by atoms with Gasteiger partial charge in [-0.3, -0.25) is 4.68 Å². The zero-order chi connectivity index (χ0) is 22.2. The number of nitrogens with zero attached hydrogens (tertiary/aromatic N) is 4. The number of halogens is 2. The van der Waals surface area contributed by atoms with Crippen molar-refractivity contribution in [3.05, 3.63) is 23.6 Å². The summed E-state index contributed by atoms with van der Waals surface area (Å²) in [5, 5.41) is 10.7. The van der Waals surface area contributed by atoms with Gasteiger partial charge < -0.3 is 20.1 Å². The van der Waals surface area contributed by atoms with E-state index in [1.54, 1.807) is 24.1 Å². The first-order valence-electron chi connectivity index (χ1n) is 9.82. The van der Waals surface area contributed by atoms with Crippen molar-refractivity contribution in [3.8, 4) is 0 Å². The number of fused-ring (bicyclic) bond motifs is 1. The molecule has 0 radical (unpaired) electrons. The summed E-state index contributed by atoms with van der Waals surface area (Å²) in [5.41, 5.74) is 0.728. The Hall–Kier alpha value is -2.02. The van der Waals surface area contributed by atoms with Crippen molar-refractivity contribution in [2.75, 3.05) is 35.4 Å². The Morgan fingerprint density at radius 2 is 2.10 bits per heavy atom. The molecule has 0 bridgehead atoms. The summed E-state index contributed by atoms with van der Waals surface area (Å²) in [6.07, 6.45) is 2.75. The van der Waals surface area contributed by atoms with E-state index in [0.29, 0.717) is 23.4 Å². The molecule has 0 aromatic carbocycles. The molecule has 0 amide bonds. The molecule has 4 rings (SSSR count). The van der Waals surface area contributed by atoms with Gasteiger partial charge in [-0.05, 0) is 6.92 Å². The summed E-state index contributed by atoms with van der Waals surface area (Å²) in [4.78, 5) is 8.58. The van der Waals surface area contributed by atoms with Crippen LogP contribution in [0, 0.1) is 5.92 Å². The van der Waals surface area contributed by atoms with Crippen LogP contribution in [0.15, 0.2) is 18.6 Å². The van der Waals surface area contributed by atoms with Crippen LogP contribution in [0.2, 0.25) is 5.02 Å². The minimum atomic E-state index is -3.53. The molecule has 31 heavy (non-hydrogen) atoms. The van der Waals surface area contributed by atoms with Crippen LogP contribution in [0.5, 0.6) is 0 Å². The average Bonchev–Trinajstić information content (AvgIpc) is 3.36. The predicted molar refractivity (Wildman–Crippen MR) is 113 cm³/mol. The van der Waals surface area contributed by atoms with E-state index in [0.717, 1.165) is 5.69 Å². The molecule has 4 heterocycles. The lowest BCUT2D eigenvalue weighted by Gasteiger charge is -2.19. The third-order valence-corrected chi connectivity index (χ3v) is 7.31. The van der Waals surface area contributed by atoms with Crippen LogP contribution in [-0.4, -0.2) is 77.3 Å². The van der Waals surface area contributed by atoms with Gasteiger partial charge in [0.25, 0.3) is 0 Å². The van der Waals surface area contributed by atoms with Gasteiger partial charge in [0.05, 0.1) is 54.9 Å². The Morgan fingerprint density at radius 3 is 2.81 bits per heavy atom. The molecule has 10 nitrogen and oxygen atoms in total. The molecule has 2 aromatic heterocycles.